The zero-order valence-electron chi connectivity index (χ0n) is 17.7. The van der Waals surface area contributed by atoms with Crippen LogP contribution in [0.5, 0.6) is 0 Å². The normalized spacial score (nSPS) is 25.1. The van der Waals surface area contributed by atoms with Gasteiger partial charge in [-0.1, -0.05) is 5.16 Å². The molecule has 33 heavy (non-hydrogen) atoms. The van der Waals surface area contributed by atoms with Crippen molar-refractivity contribution >= 4 is 63.5 Å². The minimum atomic E-state index is -1.43. The Hall–Kier alpha value is -1.29. The smallest absolute Gasteiger partial charge is 0.543 e. The number of nitrogens with two attached hydrogens (primary N) is 1. The van der Waals surface area contributed by atoms with Crippen molar-refractivity contribution in [1.82, 2.24) is 15.2 Å². The Morgan fingerprint density at radius 2 is 2.24 bits per heavy atom. The predicted molar refractivity (Wildman–Crippen MR) is 118 cm³/mol. The van der Waals surface area contributed by atoms with Crippen LogP contribution in [0.1, 0.15) is 25.0 Å². The van der Waals surface area contributed by atoms with Crippen LogP contribution < -0.4 is 45.7 Å². The van der Waals surface area contributed by atoms with Gasteiger partial charge in [0.2, 0.25) is 0 Å². The third-order valence-corrected chi connectivity index (χ3v) is 8.57. The van der Waals surface area contributed by atoms with E-state index in [1.807, 2.05) is 0 Å². The number of nitrogens with one attached hydrogen (secondary N) is 1. The molecule has 0 aromatic carbocycles. The van der Waals surface area contributed by atoms with Crippen molar-refractivity contribution in [3.63, 3.8) is 0 Å². The first kappa shape index (κ1) is 26.3. The van der Waals surface area contributed by atoms with Gasteiger partial charge in [0.1, 0.15) is 17.1 Å². The molecule has 0 bridgehead atoms. The molecule has 3 aliphatic heterocycles. The summed E-state index contributed by atoms with van der Waals surface area (Å²) in [5.41, 5.74) is 5.08. The molecular formula is C18H20N5NaO6S3. The van der Waals surface area contributed by atoms with Crippen molar-refractivity contribution in [2.24, 2.45) is 5.16 Å². The number of carboxylic acid groups (broad SMARTS) is 1. The summed E-state index contributed by atoms with van der Waals surface area (Å²) in [6.45, 7) is 0.701. The Balaban J connectivity index is 0.00000306. The first-order valence-corrected chi connectivity index (χ1v) is 12.7. The number of amides is 2. The van der Waals surface area contributed by atoms with Crippen LogP contribution in [-0.4, -0.2) is 74.2 Å². The molecule has 15 heteroatoms. The fourth-order valence-corrected chi connectivity index (χ4v) is 6.89. The molecular weight excluding hydrogens is 501 g/mol. The zero-order valence-corrected chi connectivity index (χ0v) is 22.1. The quantitative estimate of drug-likeness (QED) is 0.108. The van der Waals surface area contributed by atoms with Gasteiger partial charge in [-0.15, -0.1) is 34.9 Å². The standard InChI is InChI=1S/C18H21N5O6S3.Na/c19-18-20-9(6-32-18)11(22-28)14(24)21-12-15(25)23-13(17(26)27)10(7-31-16(12)23)30-5-8-3-1-2-4-29-8;/h6,8,12,16,28H,1-5,7H2,(H2,19,20)(H,21,24)(H,26,27);/q;+1/p-1/b22-11-;. The molecule has 1 aromatic rings. The van der Waals surface area contributed by atoms with E-state index in [4.69, 9.17) is 10.5 Å². The number of oxime groups is 1. The van der Waals surface area contributed by atoms with Crippen LogP contribution in [0.4, 0.5) is 5.13 Å². The molecule has 2 saturated heterocycles. The van der Waals surface area contributed by atoms with Crippen LogP contribution in [0.3, 0.4) is 0 Å². The Kier molecular flexibility index (Phi) is 9.11. The zero-order chi connectivity index (χ0) is 22.8. The number of hydrogen-bond donors (Lipinski definition) is 3. The van der Waals surface area contributed by atoms with E-state index in [1.165, 1.54) is 28.9 Å². The number of aromatic nitrogens is 1. The topological polar surface area (TPSA) is 170 Å². The van der Waals surface area contributed by atoms with Gasteiger partial charge >= 0.3 is 29.6 Å². The fourth-order valence-electron chi connectivity index (χ4n) is 3.64. The summed E-state index contributed by atoms with van der Waals surface area (Å²) in [7, 11) is 0. The Labute approximate surface area is 223 Å². The number of ether oxygens (including phenoxy) is 1. The van der Waals surface area contributed by atoms with Crippen molar-refractivity contribution in [3.8, 4) is 0 Å². The second-order valence-electron chi connectivity index (χ2n) is 7.24. The SMILES string of the molecule is Nc1nc(/C(=N/O)C(=O)NC2C(=O)N3C(C(=O)[O-])=C(SCC4CCCCO4)CSC23)cs1.[Na+]. The van der Waals surface area contributed by atoms with Crippen molar-refractivity contribution in [3.05, 3.63) is 21.7 Å². The molecule has 1 aromatic heterocycles. The molecule has 3 atom stereocenters. The number of carbonyl (C=O) groups excluding carboxylic acids is 3. The van der Waals surface area contributed by atoms with Gasteiger partial charge < -0.3 is 30.9 Å². The van der Waals surface area contributed by atoms with Crippen LogP contribution in [-0.2, 0) is 19.1 Å². The van der Waals surface area contributed by atoms with Gasteiger partial charge in [-0.3, -0.25) is 14.5 Å². The maximum atomic E-state index is 12.8. The largest absolute Gasteiger partial charge is 1.00 e. The molecule has 4 rings (SSSR count). The molecule has 2 amide bonds. The van der Waals surface area contributed by atoms with Crippen molar-refractivity contribution in [2.45, 2.75) is 36.8 Å². The van der Waals surface area contributed by atoms with E-state index in [1.54, 1.807) is 0 Å². The van der Waals surface area contributed by atoms with Gasteiger partial charge in [0, 0.05) is 28.4 Å². The summed E-state index contributed by atoms with van der Waals surface area (Å²) in [6.07, 6.45) is 3.08. The first-order chi connectivity index (χ1) is 15.4. The molecule has 3 unspecified atom stereocenters. The first-order valence-electron chi connectivity index (χ1n) is 9.78. The maximum absolute atomic E-state index is 12.8. The number of hydrogen-bond acceptors (Lipinski definition) is 12. The third kappa shape index (κ3) is 5.52. The molecule has 4 heterocycles. The average Bonchev–Trinajstić information content (AvgIpc) is 3.22. The predicted octanol–water partition coefficient (Wildman–Crippen LogP) is -3.43. The van der Waals surface area contributed by atoms with Gasteiger partial charge in [-0.25, -0.2) is 4.98 Å². The summed E-state index contributed by atoms with van der Waals surface area (Å²) in [5.74, 6) is -1.85. The number of carboxylic acids is 1. The molecule has 2 fully saturated rings. The number of nitrogens with zero attached hydrogens (tertiary/aromatic N) is 3. The second-order valence-corrected chi connectivity index (χ2v) is 10.3. The van der Waals surface area contributed by atoms with Gasteiger partial charge in [0.15, 0.2) is 10.8 Å². The van der Waals surface area contributed by atoms with E-state index in [-0.39, 0.29) is 57.9 Å². The molecule has 172 valence electrons. The number of aliphatic carboxylic acids is 1. The number of rotatable bonds is 7. The summed E-state index contributed by atoms with van der Waals surface area (Å²) in [5, 5.41) is 27.6. The molecule has 0 spiro atoms. The van der Waals surface area contributed by atoms with Gasteiger partial charge in [0.25, 0.3) is 11.8 Å². The van der Waals surface area contributed by atoms with Crippen LogP contribution in [0, 0.1) is 0 Å². The van der Waals surface area contributed by atoms with Crippen LogP contribution in [0.25, 0.3) is 0 Å². The van der Waals surface area contributed by atoms with Crippen LogP contribution >= 0.6 is 34.9 Å². The van der Waals surface area contributed by atoms with E-state index in [0.717, 1.165) is 35.5 Å². The molecule has 4 N–H and O–H groups in total. The summed E-state index contributed by atoms with van der Waals surface area (Å²) >= 11 is 3.78. The Morgan fingerprint density at radius 3 is 2.85 bits per heavy atom. The monoisotopic (exact) mass is 521 g/mol. The average molecular weight is 522 g/mol. The number of thiazole rings is 1. The van der Waals surface area contributed by atoms with Crippen molar-refractivity contribution < 1.29 is 59.0 Å². The maximum Gasteiger partial charge on any atom is 1.00 e. The van der Waals surface area contributed by atoms with E-state index in [9.17, 15) is 24.7 Å². The Morgan fingerprint density at radius 1 is 1.45 bits per heavy atom. The number of fused-ring (bicyclic) bond motifs is 1. The third-order valence-electron chi connectivity index (χ3n) is 5.21. The number of β-lactam (4-membered cyclic amide) rings is 1. The van der Waals surface area contributed by atoms with Gasteiger partial charge in [0.05, 0.1) is 17.8 Å². The molecule has 0 saturated carbocycles. The van der Waals surface area contributed by atoms with E-state index < -0.39 is 29.2 Å². The van der Waals surface area contributed by atoms with Crippen molar-refractivity contribution in [1.29, 1.82) is 0 Å². The van der Waals surface area contributed by atoms with E-state index in [0.29, 0.717) is 23.0 Å². The number of nitrogen functional groups attached to an aromatic ring is 1. The summed E-state index contributed by atoms with van der Waals surface area (Å²) in [6, 6.07) is -0.970. The summed E-state index contributed by atoms with van der Waals surface area (Å²) in [4.78, 5) is 42.7. The van der Waals surface area contributed by atoms with Crippen LogP contribution in [0.2, 0.25) is 0 Å². The van der Waals surface area contributed by atoms with Gasteiger partial charge in [-0.2, -0.15) is 0 Å². The Bertz CT molecular complexity index is 996. The number of anilines is 1. The fraction of sp³-hybridized carbons (Fsp3) is 0.500. The van der Waals surface area contributed by atoms with Gasteiger partial charge in [-0.05, 0) is 19.3 Å². The van der Waals surface area contributed by atoms with E-state index >= 15 is 0 Å². The molecule has 0 aliphatic carbocycles. The molecule has 0 radical (unpaired) electrons. The minimum Gasteiger partial charge on any atom is -0.543 e. The number of carbonyl (C=O) groups is 3. The van der Waals surface area contributed by atoms with E-state index in [2.05, 4.69) is 15.5 Å². The number of thioether (sulfide) groups is 2. The van der Waals surface area contributed by atoms with Crippen molar-refractivity contribution in [2.75, 3.05) is 23.8 Å². The second kappa shape index (κ2) is 11.4. The molecule has 3 aliphatic rings. The minimum absolute atomic E-state index is 0. The van der Waals surface area contributed by atoms with Crippen LogP contribution in [0.15, 0.2) is 21.1 Å². The molecule has 11 nitrogen and oxygen atoms in total. The summed E-state index contributed by atoms with van der Waals surface area (Å²) < 4.78 is 5.69.